The van der Waals surface area contributed by atoms with Crippen molar-refractivity contribution < 1.29 is 5.11 Å². The summed E-state index contributed by atoms with van der Waals surface area (Å²) in [6, 6.07) is 3.76. The van der Waals surface area contributed by atoms with Crippen LogP contribution in [0.15, 0.2) is 18.3 Å². The molecule has 0 saturated heterocycles. The maximum absolute atomic E-state index is 9.05. The van der Waals surface area contributed by atoms with Crippen LogP contribution in [0.5, 0.6) is 0 Å². The molecule has 1 unspecified atom stereocenters. The van der Waals surface area contributed by atoms with Gasteiger partial charge in [0.25, 0.3) is 0 Å². The highest BCUT2D eigenvalue weighted by Gasteiger charge is 1.96. The zero-order valence-corrected chi connectivity index (χ0v) is 7.91. The largest absolute Gasteiger partial charge is 0.392 e. The maximum atomic E-state index is 9.05. The molecule has 0 bridgehead atoms. The molecule has 0 saturated carbocycles. The predicted molar refractivity (Wildman–Crippen MR) is 54.0 cm³/mol. The summed E-state index contributed by atoms with van der Waals surface area (Å²) < 4.78 is 0. The molecule has 0 aliphatic rings. The fourth-order valence-electron chi connectivity index (χ4n) is 0.943. The smallest absolute Gasteiger partial charge is 0.127 e. The van der Waals surface area contributed by atoms with Gasteiger partial charge < -0.3 is 15.7 Å². The summed E-state index contributed by atoms with van der Waals surface area (Å²) >= 11 is 0. The van der Waals surface area contributed by atoms with Gasteiger partial charge in [-0.15, -0.1) is 0 Å². The number of hydrogen-bond donors (Lipinski definition) is 3. The van der Waals surface area contributed by atoms with E-state index >= 15 is 0 Å². The van der Waals surface area contributed by atoms with Crippen LogP contribution in [-0.2, 0) is 0 Å². The van der Waals surface area contributed by atoms with Crippen molar-refractivity contribution in [2.45, 2.75) is 13.0 Å². The number of aliphatic hydroxyl groups excluding tert-OH is 1. The molecule has 1 atom stereocenters. The van der Waals surface area contributed by atoms with Gasteiger partial charge in [-0.1, -0.05) is 0 Å². The van der Waals surface area contributed by atoms with Gasteiger partial charge in [-0.2, -0.15) is 0 Å². The number of anilines is 2. The van der Waals surface area contributed by atoms with Gasteiger partial charge in [-0.3, -0.25) is 0 Å². The van der Waals surface area contributed by atoms with Crippen LogP contribution in [0.4, 0.5) is 11.5 Å². The fraction of sp³-hybridized carbons (Fsp3) is 0.444. The van der Waals surface area contributed by atoms with E-state index in [2.05, 4.69) is 15.6 Å². The first-order chi connectivity index (χ1) is 6.22. The third kappa shape index (κ3) is 3.29. The Morgan fingerprint density at radius 3 is 3.00 bits per heavy atom. The van der Waals surface area contributed by atoms with Crippen LogP contribution in [0.1, 0.15) is 6.92 Å². The van der Waals surface area contributed by atoms with E-state index in [1.54, 1.807) is 13.1 Å². The van der Waals surface area contributed by atoms with Crippen LogP contribution >= 0.6 is 0 Å². The third-order valence-corrected chi connectivity index (χ3v) is 1.62. The SMILES string of the molecule is CNc1cc(NCC(C)O)ccn1. The molecular formula is C9H15N3O. The third-order valence-electron chi connectivity index (χ3n) is 1.62. The summed E-state index contributed by atoms with van der Waals surface area (Å²) in [5.74, 6) is 0.815. The number of pyridine rings is 1. The molecule has 72 valence electrons. The van der Waals surface area contributed by atoms with Crippen molar-refractivity contribution in [3.8, 4) is 0 Å². The van der Waals surface area contributed by atoms with E-state index in [0.717, 1.165) is 11.5 Å². The zero-order valence-electron chi connectivity index (χ0n) is 7.91. The van der Waals surface area contributed by atoms with E-state index in [4.69, 9.17) is 5.11 Å². The van der Waals surface area contributed by atoms with Gasteiger partial charge in [0.05, 0.1) is 6.10 Å². The average molecular weight is 181 g/mol. The summed E-state index contributed by atoms with van der Waals surface area (Å²) in [6.45, 7) is 2.29. The number of nitrogens with zero attached hydrogens (tertiary/aromatic N) is 1. The Hall–Kier alpha value is -1.29. The fourth-order valence-corrected chi connectivity index (χ4v) is 0.943. The number of hydrogen-bond acceptors (Lipinski definition) is 4. The van der Waals surface area contributed by atoms with Crippen molar-refractivity contribution in [1.29, 1.82) is 0 Å². The van der Waals surface area contributed by atoms with Crippen LogP contribution in [0, 0.1) is 0 Å². The molecule has 1 aromatic rings. The Bertz CT molecular complexity index is 263. The Labute approximate surface area is 78.0 Å². The number of aliphatic hydroxyl groups is 1. The number of nitrogens with one attached hydrogen (secondary N) is 2. The molecule has 1 aromatic heterocycles. The number of aromatic nitrogens is 1. The summed E-state index contributed by atoms with van der Waals surface area (Å²) in [5, 5.41) is 15.1. The van der Waals surface area contributed by atoms with Gasteiger partial charge in [-0.25, -0.2) is 4.98 Å². The van der Waals surface area contributed by atoms with E-state index in [-0.39, 0.29) is 6.10 Å². The topological polar surface area (TPSA) is 57.2 Å². The van der Waals surface area contributed by atoms with Crippen molar-refractivity contribution in [2.24, 2.45) is 0 Å². The standard InChI is InChI=1S/C9H15N3O/c1-7(13)6-12-8-3-4-11-9(5-8)10-2/h3-5,7,13H,6H2,1-2H3,(H2,10,11,12). The van der Waals surface area contributed by atoms with E-state index in [9.17, 15) is 0 Å². The van der Waals surface area contributed by atoms with Gasteiger partial charge in [0, 0.05) is 31.5 Å². The van der Waals surface area contributed by atoms with Crippen molar-refractivity contribution in [3.05, 3.63) is 18.3 Å². The van der Waals surface area contributed by atoms with Gasteiger partial charge >= 0.3 is 0 Å². The molecule has 13 heavy (non-hydrogen) atoms. The first-order valence-electron chi connectivity index (χ1n) is 4.28. The molecule has 4 nitrogen and oxygen atoms in total. The Morgan fingerprint density at radius 1 is 1.62 bits per heavy atom. The molecule has 0 spiro atoms. The monoisotopic (exact) mass is 181 g/mol. The number of rotatable bonds is 4. The molecule has 1 rings (SSSR count). The first-order valence-corrected chi connectivity index (χ1v) is 4.28. The van der Waals surface area contributed by atoms with Gasteiger partial charge in [0.2, 0.25) is 0 Å². The second-order valence-electron chi connectivity index (χ2n) is 2.91. The molecule has 3 N–H and O–H groups in total. The van der Waals surface area contributed by atoms with E-state index in [1.165, 1.54) is 0 Å². The molecule has 0 radical (unpaired) electrons. The summed E-state index contributed by atoms with van der Waals surface area (Å²) in [7, 11) is 1.82. The van der Waals surface area contributed by atoms with Crippen LogP contribution in [0.25, 0.3) is 0 Å². The molecule has 0 aromatic carbocycles. The van der Waals surface area contributed by atoms with Gasteiger partial charge in [0.1, 0.15) is 5.82 Å². The predicted octanol–water partition coefficient (Wildman–Crippen LogP) is 0.916. The first kappa shape index (κ1) is 9.80. The second kappa shape index (κ2) is 4.67. The lowest BCUT2D eigenvalue weighted by atomic mass is 10.3. The van der Waals surface area contributed by atoms with Crippen molar-refractivity contribution >= 4 is 11.5 Å². The maximum Gasteiger partial charge on any atom is 0.127 e. The molecule has 0 amide bonds. The Kier molecular flexibility index (Phi) is 3.52. The van der Waals surface area contributed by atoms with E-state index < -0.39 is 0 Å². The molecule has 0 fully saturated rings. The summed E-state index contributed by atoms with van der Waals surface area (Å²) in [4.78, 5) is 4.07. The normalized spacial score (nSPS) is 12.2. The van der Waals surface area contributed by atoms with Gasteiger partial charge in [-0.05, 0) is 13.0 Å². The van der Waals surface area contributed by atoms with Crippen LogP contribution < -0.4 is 10.6 Å². The van der Waals surface area contributed by atoms with Gasteiger partial charge in [0.15, 0.2) is 0 Å². The van der Waals surface area contributed by atoms with E-state index in [0.29, 0.717) is 6.54 Å². The minimum atomic E-state index is -0.341. The molecule has 1 heterocycles. The lowest BCUT2D eigenvalue weighted by Gasteiger charge is -2.08. The lowest BCUT2D eigenvalue weighted by molar-refractivity contribution is 0.208. The minimum Gasteiger partial charge on any atom is -0.392 e. The zero-order chi connectivity index (χ0) is 9.68. The lowest BCUT2D eigenvalue weighted by Crippen LogP contribution is -2.15. The quantitative estimate of drug-likeness (QED) is 0.646. The van der Waals surface area contributed by atoms with Crippen LogP contribution in [0.2, 0.25) is 0 Å². The van der Waals surface area contributed by atoms with E-state index in [1.807, 2.05) is 19.2 Å². The van der Waals surface area contributed by atoms with Crippen LogP contribution in [-0.4, -0.2) is 29.8 Å². The highest BCUT2D eigenvalue weighted by atomic mass is 16.3. The van der Waals surface area contributed by atoms with Crippen molar-refractivity contribution in [2.75, 3.05) is 24.2 Å². The molecule has 0 aliphatic heterocycles. The molecule has 4 heteroatoms. The molecule has 0 aliphatic carbocycles. The highest BCUT2D eigenvalue weighted by molar-refractivity contribution is 5.51. The Morgan fingerprint density at radius 2 is 2.38 bits per heavy atom. The summed E-state index contributed by atoms with van der Waals surface area (Å²) in [6.07, 6.45) is 1.38. The molecular weight excluding hydrogens is 166 g/mol. The average Bonchev–Trinajstić information content (AvgIpc) is 2.15. The van der Waals surface area contributed by atoms with Crippen LogP contribution in [0.3, 0.4) is 0 Å². The second-order valence-corrected chi connectivity index (χ2v) is 2.91. The minimum absolute atomic E-state index is 0.341. The highest BCUT2D eigenvalue weighted by Crippen LogP contribution is 2.10. The van der Waals surface area contributed by atoms with Crippen molar-refractivity contribution in [1.82, 2.24) is 4.98 Å². The summed E-state index contributed by atoms with van der Waals surface area (Å²) in [5.41, 5.74) is 0.959. The Balaban J connectivity index is 2.56. The van der Waals surface area contributed by atoms with Crippen molar-refractivity contribution in [3.63, 3.8) is 0 Å².